The molecule has 0 aliphatic rings. The Kier molecular flexibility index (Phi) is 2.64. The van der Waals surface area contributed by atoms with E-state index in [9.17, 15) is 0 Å². The van der Waals surface area contributed by atoms with Gasteiger partial charge in [-0.3, -0.25) is 0 Å². The van der Waals surface area contributed by atoms with E-state index >= 15 is 0 Å². The van der Waals surface area contributed by atoms with Crippen LogP contribution in [-0.2, 0) is 0 Å². The van der Waals surface area contributed by atoms with Crippen molar-refractivity contribution in [1.82, 2.24) is 19.7 Å². The first-order chi connectivity index (χ1) is 10.3. The Hall–Kier alpha value is -2.82. The van der Waals surface area contributed by atoms with Crippen LogP contribution < -0.4 is 0 Å². The average Bonchev–Trinajstić information content (AvgIpc) is 3.23. The minimum absolute atomic E-state index is 0.129. The summed E-state index contributed by atoms with van der Waals surface area (Å²) in [6.45, 7) is 2.12. The van der Waals surface area contributed by atoms with Gasteiger partial charge in [-0.15, -0.1) is 0 Å². The standard InChI is InChI=1S/C16H14N4O/c1-11(12-5-3-2-4-6-12)20-16-14(9-17-20)18-15(19-16)13-7-8-21-10-13/h2-11H,1H3,(H,18,19)/t11-/m0/s1. The van der Waals surface area contributed by atoms with Crippen LogP contribution in [0.5, 0.6) is 0 Å². The molecule has 0 saturated heterocycles. The first-order valence-corrected chi connectivity index (χ1v) is 6.83. The van der Waals surface area contributed by atoms with Crippen molar-refractivity contribution in [2.75, 3.05) is 0 Å². The lowest BCUT2D eigenvalue weighted by molar-refractivity contribution is 0.568. The molecule has 3 heterocycles. The largest absolute Gasteiger partial charge is 0.472 e. The Balaban J connectivity index is 1.79. The normalized spacial score (nSPS) is 12.8. The van der Waals surface area contributed by atoms with Crippen molar-refractivity contribution >= 4 is 11.2 Å². The van der Waals surface area contributed by atoms with Gasteiger partial charge >= 0.3 is 0 Å². The molecule has 0 saturated carbocycles. The molecule has 0 aliphatic heterocycles. The lowest BCUT2D eigenvalue weighted by Crippen LogP contribution is -2.08. The second kappa shape index (κ2) is 4.63. The molecule has 1 aromatic carbocycles. The molecule has 21 heavy (non-hydrogen) atoms. The lowest BCUT2D eigenvalue weighted by Gasteiger charge is -2.12. The molecule has 0 amide bonds. The van der Waals surface area contributed by atoms with Crippen molar-refractivity contribution in [2.45, 2.75) is 13.0 Å². The Labute approximate surface area is 121 Å². The number of imidazole rings is 1. The van der Waals surface area contributed by atoms with Crippen molar-refractivity contribution in [3.63, 3.8) is 0 Å². The van der Waals surface area contributed by atoms with Crippen molar-refractivity contribution < 1.29 is 4.42 Å². The predicted molar refractivity (Wildman–Crippen MR) is 79.8 cm³/mol. The number of nitrogens with one attached hydrogen (secondary N) is 1. The summed E-state index contributed by atoms with van der Waals surface area (Å²) in [5.41, 5.74) is 3.91. The highest BCUT2D eigenvalue weighted by Gasteiger charge is 2.16. The summed E-state index contributed by atoms with van der Waals surface area (Å²) in [6, 6.07) is 12.3. The fourth-order valence-corrected chi connectivity index (χ4v) is 2.51. The quantitative estimate of drug-likeness (QED) is 0.622. The highest BCUT2D eigenvalue weighted by Crippen LogP contribution is 2.25. The van der Waals surface area contributed by atoms with E-state index in [4.69, 9.17) is 4.42 Å². The number of benzene rings is 1. The molecule has 3 aromatic heterocycles. The van der Waals surface area contributed by atoms with E-state index in [-0.39, 0.29) is 6.04 Å². The molecule has 0 aliphatic carbocycles. The molecule has 0 radical (unpaired) electrons. The molecule has 1 N–H and O–H groups in total. The summed E-state index contributed by atoms with van der Waals surface area (Å²) < 4.78 is 7.04. The highest BCUT2D eigenvalue weighted by atomic mass is 16.3. The van der Waals surface area contributed by atoms with Crippen LogP contribution in [0, 0.1) is 0 Å². The van der Waals surface area contributed by atoms with E-state index in [1.54, 1.807) is 12.5 Å². The van der Waals surface area contributed by atoms with Crippen molar-refractivity contribution in [3.05, 3.63) is 60.7 Å². The van der Waals surface area contributed by atoms with Gasteiger partial charge in [-0.25, -0.2) is 9.67 Å². The maximum Gasteiger partial charge on any atom is 0.177 e. The average molecular weight is 278 g/mol. The van der Waals surface area contributed by atoms with Crippen LogP contribution in [0.15, 0.2) is 59.5 Å². The third kappa shape index (κ3) is 1.94. The van der Waals surface area contributed by atoms with Crippen LogP contribution in [-0.4, -0.2) is 19.7 Å². The number of H-pyrrole nitrogens is 1. The molecular formula is C16H14N4O. The molecule has 4 rings (SSSR count). The number of hydrogen-bond donors (Lipinski definition) is 1. The third-order valence-corrected chi connectivity index (χ3v) is 3.68. The van der Waals surface area contributed by atoms with Gasteiger partial charge in [0.25, 0.3) is 0 Å². The van der Waals surface area contributed by atoms with Crippen LogP contribution in [0.3, 0.4) is 0 Å². The summed E-state index contributed by atoms with van der Waals surface area (Å²) in [4.78, 5) is 7.92. The van der Waals surface area contributed by atoms with Crippen molar-refractivity contribution in [1.29, 1.82) is 0 Å². The molecule has 0 bridgehead atoms. The zero-order valence-electron chi connectivity index (χ0n) is 11.5. The maximum absolute atomic E-state index is 5.11. The van der Waals surface area contributed by atoms with Gasteiger partial charge in [0.05, 0.1) is 24.1 Å². The number of aromatic amines is 1. The van der Waals surface area contributed by atoms with Crippen LogP contribution in [0.2, 0.25) is 0 Å². The molecule has 5 nitrogen and oxygen atoms in total. The summed E-state index contributed by atoms with van der Waals surface area (Å²) in [5.74, 6) is 0.796. The van der Waals surface area contributed by atoms with E-state index in [0.29, 0.717) is 0 Å². The van der Waals surface area contributed by atoms with Gasteiger partial charge in [0.2, 0.25) is 0 Å². The van der Waals surface area contributed by atoms with Crippen LogP contribution in [0.25, 0.3) is 22.6 Å². The smallest absolute Gasteiger partial charge is 0.177 e. The first-order valence-electron chi connectivity index (χ1n) is 6.83. The summed E-state index contributed by atoms with van der Waals surface area (Å²) >= 11 is 0. The van der Waals surface area contributed by atoms with Gasteiger partial charge in [-0.2, -0.15) is 5.10 Å². The first kappa shape index (κ1) is 12.0. The molecule has 0 unspecified atom stereocenters. The Morgan fingerprint density at radius 2 is 2.05 bits per heavy atom. The van der Waals surface area contributed by atoms with Crippen molar-refractivity contribution in [3.8, 4) is 11.4 Å². The van der Waals surface area contributed by atoms with Gasteiger partial charge in [-0.1, -0.05) is 30.3 Å². The predicted octanol–water partition coefficient (Wildman–Crippen LogP) is 3.63. The summed E-state index contributed by atoms with van der Waals surface area (Å²) in [7, 11) is 0. The van der Waals surface area contributed by atoms with E-state index in [0.717, 1.165) is 22.6 Å². The van der Waals surface area contributed by atoms with Gasteiger partial charge in [0, 0.05) is 0 Å². The molecular weight excluding hydrogens is 264 g/mol. The topological polar surface area (TPSA) is 59.6 Å². The number of aromatic nitrogens is 4. The van der Waals surface area contributed by atoms with Gasteiger partial charge in [-0.05, 0) is 18.6 Å². The van der Waals surface area contributed by atoms with E-state index < -0.39 is 0 Å². The molecule has 0 fully saturated rings. The van der Waals surface area contributed by atoms with Crippen LogP contribution >= 0.6 is 0 Å². The Morgan fingerprint density at radius 3 is 2.81 bits per heavy atom. The number of fused-ring (bicyclic) bond motifs is 1. The van der Waals surface area contributed by atoms with E-state index in [2.05, 4.69) is 34.1 Å². The van der Waals surface area contributed by atoms with E-state index in [1.807, 2.05) is 35.1 Å². The lowest BCUT2D eigenvalue weighted by atomic mass is 10.1. The van der Waals surface area contributed by atoms with Gasteiger partial charge in [0.1, 0.15) is 17.6 Å². The third-order valence-electron chi connectivity index (χ3n) is 3.68. The van der Waals surface area contributed by atoms with Gasteiger partial charge < -0.3 is 9.40 Å². The second-order valence-corrected chi connectivity index (χ2v) is 5.01. The SMILES string of the molecule is C[C@@H](c1ccccc1)n1ncc2[nH]c(-c3ccoc3)nc21. The fraction of sp³-hybridized carbons (Fsp3) is 0.125. The summed E-state index contributed by atoms with van der Waals surface area (Å²) in [5, 5.41) is 4.45. The van der Waals surface area contributed by atoms with Crippen LogP contribution in [0.4, 0.5) is 0 Å². The molecule has 0 spiro atoms. The van der Waals surface area contributed by atoms with Gasteiger partial charge in [0.15, 0.2) is 5.65 Å². The Morgan fingerprint density at radius 1 is 1.19 bits per heavy atom. The molecule has 5 heteroatoms. The minimum Gasteiger partial charge on any atom is -0.472 e. The zero-order chi connectivity index (χ0) is 14.2. The maximum atomic E-state index is 5.11. The highest BCUT2D eigenvalue weighted by molar-refractivity contribution is 5.75. The molecule has 104 valence electrons. The molecule has 1 atom stereocenters. The number of furan rings is 1. The minimum atomic E-state index is 0.129. The number of nitrogens with zero attached hydrogens (tertiary/aromatic N) is 3. The monoisotopic (exact) mass is 278 g/mol. The summed E-state index contributed by atoms with van der Waals surface area (Å²) in [6.07, 6.45) is 5.13. The fourth-order valence-electron chi connectivity index (χ4n) is 2.51. The number of rotatable bonds is 3. The molecule has 4 aromatic rings. The number of hydrogen-bond acceptors (Lipinski definition) is 3. The van der Waals surface area contributed by atoms with E-state index in [1.165, 1.54) is 5.56 Å². The van der Waals surface area contributed by atoms with Crippen molar-refractivity contribution in [2.24, 2.45) is 0 Å². The Bertz CT molecular complexity index is 858. The zero-order valence-corrected chi connectivity index (χ0v) is 11.5. The van der Waals surface area contributed by atoms with Crippen LogP contribution in [0.1, 0.15) is 18.5 Å². The second-order valence-electron chi connectivity index (χ2n) is 5.01.